The lowest BCUT2D eigenvalue weighted by molar-refractivity contribution is -0.154. The van der Waals surface area contributed by atoms with E-state index in [1.165, 1.54) is 12.8 Å². The third-order valence-electron chi connectivity index (χ3n) is 9.25. The van der Waals surface area contributed by atoms with Gasteiger partial charge in [-0.25, -0.2) is 0 Å². The molecule has 1 unspecified atom stereocenters. The molecule has 2 aliphatic carbocycles. The molecule has 0 aromatic heterocycles. The van der Waals surface area contributed by atoms with Crippen LogP contribution in [0.3, 0.4) is 0 Å². The highest BCUT2D eigenvalue weighted by atomic mass is 16.6. The lowest BCUT2D eigenvalue weighted by atomic mass is 9.75. The molecule has 0 spiro atoms. The predicted octanol–water partition coefficient (Wildman–Crippen LogP) is 2.37. The van der Waals surface area contributed by atoms with Crippen molar-refractivity contribution < 1.29 is 23.8 Å². The third kappa shape index (κ3) is 11.4. The number of amides is 1. The number of nitrogens with zero attached hydrogens (tertiary/aromatic N) is 1. The van der Waals surface area contributed by atoms with Crippen molar-refractivity contribution in [2.24, 2.45) is 17.8 Å². The average Bonchev–Trinajstić information content (AvgIpc) is 3.45. The Morgan fingerprint density at radius 3 is 2.29 bits per heavy atom. The van der Waals surface area contributed by atoms with Crippen molar-refractivity contribution in [1.82, 2.24) is 26.2 Å². The smallest absolute Gasteiger partial charge is 0.325 e. The zero-order valence-electron chi connectivity index (χ0n) is 26.1. The lowest BCUT2D eigenvalue weighted by Crippen LogP contribution is -2.63. The molecule has 2 saturated heterocycles. The van der Waals surface area contributed by atoms with Gasteiger partial charge < -0.3 is 24.4 Å². The molecule has 10 heteroatoms. The van der Waals surface area contributed by atoms with E-state index in [4.69, 9.17) is 14.2 Å². The summed E-state index contributed by atoms with van der Waals surface area (Å²) in [6, 6.07) is 0.522. The Kier molecular flexibility index (Phi) is 12.7. The maximum Gasteiger partial charge on any atom is 0.325 e. The van der Waals surface area contributed by atoms with Crippen LogP contribution in [0.4, 0.5) is 0 Å². The molecule has 1 amide bonds. The standard InChI is InChI=1S/C31H57N5O5/c1-31(2,3)41-28(37)20-32-29(38)23-9-7-22(8-10-23)24-18-33-30(34-19-24)35-25-11-13-26(14-12-25)40-17-15-36(4)21-27-6-5-16-39-27/h22-27,30,33-35H,5-21H2,1-4H3,(H,32,38). The fourth-order valence-corrected chi connectivity index (χ4v) is 6.90. The van der Waals surface area contributed by atoms with Crippen LogP contribution in [0.25, 0.3) is 0 Å². The summed E-state index contributed by atoms with van der Waals surface area (Å²) >= 11 is 0. The van der Waals surface area contributed by atoms with Gasteiger partial charge in [-0.05, 0) is 104 Å². The number of ether oxygens (including phenoxy) is 3. The lowest BCUT2D eigenvalue weighted by Gasteiger charge is -2.40. The summed E-state index contributed by atoms with van der Waals surface area (Å²) in [4.78, 5) is 26.8. The van der Waals surface area contributed by atoms with Crippen LogP contribution in [0.15, 0.2) is 0 Å². The van der Waals surface area contributed by atoms with Crippen molar-refractivity contribution in [3.05, 3.63) is 0 Å². The molecule has 0 aromatic rings. The van der Waals surface area contributed by atoms with E-state index in [-0.39, 0.29) is 30.6 Å². The first-order chi connectivity index (χ1) is 19.6. The van der Waals surface area contributed by atoms with E-state index in [0.717, 1.165) is 90.8 Å². The summed E-state index contributed by atoms with van der Waals surface area (Å²) in [5, 5.41) is 13.9. The zero-order chi connectivity index (χ0) is 29.2. The van der Waals surface area contributed by atoms with E-state index in [2.05, 4.69) is 33.2 Å². The van der Waals surface area contributed by atoms with Gasteiger partial charge in [-0.3, -0.25) is 25.5 Å². The highest BCUT2D eigenvalue weighted by Crippen LogP contribution is 2.34. The first kappa shape index (κ1) is 32.6. The molecular weight excluding hydrogens is 522 g/mol. The molecule has 0 radical (unpaired) electrons. The molecule has 4 rings (SSSR count). The van der Waals surface area contributed by atoms with Crippen LogP contribution >= 0.6 is 0 Å². The van der Waals surface area contributed by atoms with Crippen LogP contribution in [0.5, 0.6) is 0 Å². The van der Waals surface area contributed by atoms with Gasteiger partial charge in [0.2, 0.25) is 5.91 Å². The van der Waals surface area contributed by atoms with Crippen molar-refractivity contribution >= 4 is 11.9 Å². The number of carbonyl (C=O) groups excluding carboxylic acids is 2. The van der Waals surface area contributed by atoms with Gasteiger partial charge in [0, 0.05) is 44.7 Å². The molecule has 2 saturated carbocycles. The summed E-state index contributed by atoms with van der Waals surface area (Å²) in [5.74, 6) is 0.816. The van der Waals surface area contributed by atoms with Crippen molar-refractivity contribution in [3.63, 3.8) is 0 Å². The Hall–Kier alpha value is -1.30. The van der Waals surface area contributed by atoms with Crippen LogP contribution in [0, 0.1) is 17.8 Å². The Morgan fingerprint density at radius 2 is 1.66 bits per heavy atom. The molecule has 0 aromatic carbocycles. The van der Waals surface area contributed by atoms with Crippen LogP contribution < -0.4 is 21.3 Å². The minimum absolute atomic E-state index is 0.000787. The first-order valence-corrected chi connectivity index (χ1v) is 16.3. The molecule has 4 aliphatic rings. The summed E-state index contributed by atoms with van der Waals surface area (Å²) in [5.41, 5.74) is -0.535. The second-order valence-corrected chi connectivity index (χ2v) is 13.8. The number of esters is 1. The SMILES string of the molecule is CN(CCOC1CCC(NC2NCC(C3CCC(C(=O)NCC(=O)OC(C)(C)C)CC3)CN2)CC1)CC1CCCO1. The van der Waals surface area contributed by atoms with Crippen LogP contribution in [0.2, 0.25) is 0 Å². The van der Waals surface area contributed by atoms with Gasteiger partial charge in [-0.15, -0.1) is 0 Å². The number of rotatable bonds is 12. The third-order valence-corrected chi connectivity index (χ3v) is 9.25. The van der Waals surface area contributed by atoms with Crippen LogP contribution in [0.1, 0.15) is 85.0 Å². The molecule has 236 valence electrons. The largest absolute Gasteiger partial charge is 0.459 e. The Bertz CT molecular complexity index is 793. The molecular formula is C31H57N5O5. The fraction of sp³-hybridized carbons (Fsp3) is 0.935. The second-order valence-electron chi connectivity index (χ2n) is 13.8. The summed E-state index contributed by atoms with van der Waals surface area (Å²) in [6.07, 6.45) is 11.8. The summed E-state index contributed by atoms with van der Waals surface area (Å²) in [6.45, 7) is 11.2. The minimum atomic E-state index is -0.535. The highest BCUT2D eigenvalue weighted by molar-refractivity contribution is 5.83. The van der Waals surface area contributed by atoms with Crippen molar-refractivity contribution in [2.75, 3.05) is 53.0 Å². The van der Waals surface area contributed by atoms with E-state index in [1.807, 2.05) is 20.8 Å². The van der Waals surface area contributed by atoms with E-state index < -0.39 is 5.60 Å². The van der Waals surface area contributed by atoms with E-state index >= 15 is 0 Å². The molecule has 4 N–H and O–H groups in total. The number of likely N-dealkylation sites (N-methyl/N-ethyl adjacent to an activating group) is 1. The van der Waals surface area contributed by atoms with Gasteiger partial charge in [0.25, 0.3) is 0 Å². The summed E-state index contributed by atoms with van der Waals surface area (Å²) < 4.78 is 17.2. The number of nitrogens with one attached hydrogen (secondary N) is 4. The topological polar surface area (TPSA) is 113 Å². The van der Waals surface area contributed by atoms with Gasteiger partial charge in [-0.1, -0.05) is 0 Å². The van der Waals surface area contributed by atoms with E-state index in [0.29, 0.717) is 30.1 Å². The molecule has 2 heterocycles. The summed E-state index contributed by atoms with van der Waals surface area (Å²) in [7, 11) is 2.17. The van der Waals surface area contributed by atoms with Crippen molar-refractivity contribution in [2.45, 2.75) is 115 Å². The highest BCUT2D eigenvalue weighted by Gasteiger charge is 2.34. The monoisotopic (exact) mass is 579 g/mol. The van der Waals surface area contributed by atoms with Crippen LogP contribution in [-0.4, -0.2) is 99.9 Å². The average molecular weight is 580 g/mol. The minimum Gasteiger partial charge on any atom is -0.459 e. The van der Waals surface area contributed by atoms with Gasteiger partial charge in [0.1, 0.15) is 18.4 Å². The maximum atomic E-state index is 12.6. The maximum absolute atomic E-state index is 12.6. The number of hydrogen-bond acceptors (Lipinski definition) is 9. The van der Waals surface area contributed by atoms with Crippen molar-refractivity contribution in [3.8, 4) is 0 Å². The van der Waals surface area contributed by atoms with Gasteiger partial charge in [0.05, 0.1) is 18.8 Å². The molecule has 0 bridgehead atoms. The predicted molar refractivity (Wildman–Crippen MR) is 159 cm³/mol. The number of carbonyl (C=O) groups is 2. The Labute approximate surface area is 247 Å². The molecule has 2 aliphatic heterocycles. The number of hydrogen-bond donors (Lipinski definition) is 4. The van der Waals surface area contributed by atoms with Gasteiger partial charge in [-0.2, -0.15) is 0 Å². The van der Waals surface area contributed by atoms with E-state index in [1.54, 1.807) is 0 Å². The second kappa shape index (κ2) is 16.0. The Morgan fingerprint density at radius 1 is 0.951 bits per heavy atom. The normalized spacial score (nSPS) is 33.0. The molecule has 41 heavy (non-hydrogen) atoms. The van der Waals surface area contributed by atoms with E-state index in [9.17, 15) is 9.59 Å². The Balaban J connectivity index is 1.03. The first-order valence-electron chi connectivity index (χ1n) is 16.3. The van der Waals surface area contributed by atoms with Gasteiger partial charge >= 0.3 is 5.97 Å². The van der Waals surface area contributed by atoms with Crippen molar-refractivity contribution in [1.29, 1.82) is 0 Å². The quantitative estimate of drug-likeness (QED) is 0.259. The fourth-order valence-electron chi connectivity index (χ4n) is 6.90. The van der Waals surface area contributed by atoms with Crippen LogP contribution in [-0.2, 0) is 23.8 Å². The molecule has 1 atom stereocenters. The zero-order valence-corrected chi connectivity index (χ0v) is 26.1. The molecule has 10 nitrogen and oxygen atoms in total. The van der Waals surface area contributed by atoms with Gasteiger partial charge in [0.15, 0.2) is 0 Å². The molecule has 4 fully saturated rings.